The molecule has 202 valence electrons. The summed E-state index contributed by atoms with van der Waals surface area (Å²) in [6, 6.07) is 3.74. The van der Waals surface area contributed by atoms with Crippen molar-refractivity contribution in [2.45, 2.75) is 104 Å². The van der Waals surface area contributed by atoms with Crippen molar-refractivity contribution < 1.29 is 38.1 Å². The van der Waals surface area contributed by atoms with E-state index in [2.05, 4.69) is 0 Å². The molecule has 0 aliphatic carbocycles. The molecule has 0 amide bonds. The first-order valence-electron chi connectivity index (χ1n) is 12.9. The Hall–Kier alpha value is -2.94. The van der Waals surface area contributed by atoms with Gasteiger partial charge in [-0.1, -0.05) is 52.5 Å². The minimum atomic E-state index is -0.995. The van der Waals surface area contributed by atoms with Gasteiger partial charge in [-0.15, -0.1) is 0 Å². The van der Waals surface area contributed by atoms with E-state index in [1.807, 2.05) is 13.8 Å². The van der Waals surface area contributed by atoms with E-state index in [-0.39, 0.29) is 49.8 Å². The van der Waals surface area contributed by atoms with Gasteiger partial charge in [0, 0.05) is 19.3 Å². The average Bonchev–Trinajstić information content (AvgIpc) is 2.84. The normalized spacial score (nSPS) is 12.4. The summed E-state index contributed by atoms with van der Waals surface area (Å²) in [5.41, 5.74) is 6.63. The van der Waals surface area contributed by atoms with E-state index in [4.69, 9.17) is 24.7 Å². The fourth-order valence-electron chi connectivity index (χ4n) is 3.20. The second-order valence-corrected chi connectivity index (χ2v) is 8.74. The van der Waals surface area contributed by atoms with Crippen LogP contribution in [0.1, 0.15) is 91.0 Å². The number of carbonyl (C=O) groups excluding carboxylic acids is 4. The molecule has 36 heavy (non-hydrogen) atoms. The minimum absolute atomic E-state index is 0.0540. The Morgan fingerprint density at radius 2 is 1.42 bits per heavy atom. The molecule has 1 aromatic carbocycles. The molecule has 0 fully saturated rings. The van der Waals surface area contributed by atoms with Crippen molar-refractivity contribution in [3.8, 4) is 11.5 Å². The van der Waals surface area contributed by atoms with Gasteiger partial charge in [0.05, 0.1) is 0 Å². The van der Waals surface area contributed by atoms with Gasteiger partial charge in [0.1, 0.15) is 18.8 Å². The Labute approximate surface area is 214 Å². The number of nitrogens with two attached hydrogens (primary N) is 1. The van der Waals surface area contributed by atoms with Gasteiger partial charge in [0.15, 0.2) is 11.5 Å². The Morgan fingerprint density at radius 3 is 1.97 bits per heavy atom. The smallest absolute Gasteiger partial charge is 0.323 e. The maximum absolute atomic E-state index is 12.4. The van der Waals surface area contributed by atoms with Gasteiger partial charge in [-0.3, -0.25) is 19.2 Å². The van der Waals surface area contributed by atoms with Gasteiger partial charge >= 0.3 is 23.9 Å². The van der Waals surface area contributed by atoms with Crippen LogP contribution in [-0.2, 0) is 35.1 Å². The Bertz CT molecular complexity index is 854. The number of esters is 4. The quantitative estimate of drug-likeness (QED) is 0.185. The zero-order valence-corrected chi connectivity index (χ0v) is 22.0. The third-order valence-corrected chi connectivity index (χ3v) is 5.27. The zero-order valence-electron chi connectivity index (χ0n) is 22.0. The van der Waals surface area contributed by atoms with E-state index in [9.17, 15) is 19.2 Å². The van der Waals surface area contributed by atoms with Crippen molar-refractivity contribution in [2.75, 3.05) is 6.61 Å². The lowest BCUT2D eigenvalue weighted by Gasteiger charge is -2.17. The fraction of sp³-hybridized carbons (Fsp3) is 0.630. The van der Waals surface area contributed by atoms with Crippen molar-refractivity contribution in [2.24, 2.45) is 5.73 Å². The number of rotatable bonds is 17. The van der Waals surface area contributed by atoms with Crippen LogP contribution in [0.2, 0.25) is 0 Å². The second kappa shape index (κ2) is 17.5. The van der Waals surface area contributed by atoms with E-state index < -0.39 is 30.1 Å². The van der Waals surface area contributed by atoms with Crippen molar-refractivity contribution in [3.63, 3.8) is 0 Å². The molecular weight excluding hydrogens is 466 g/mol. The number of hydrogen-bond acceptors (Lipinski definition) is 9. The molecule has 0 bridgehead atoms. The summed E-state index contributed by atoms with van der Waals surface area (Å²) in [5.74, 6) is -1.62. The number of benzene rings is 1. The largest absolute Gasteiger partial charge is 0.462 e. The standard InChI is InChI=1S/C27H41NO8/c1-5-8-10-12-25(30)35-22-15-14-20(17-23(22)36-26(31)13-11-9-6-2)16-21(28)27(32)34-19(4)18-33-24(29)7-3/h14-15,17,19,21H,5-13,16,18,28H2,1-4H3/t19-,21-/m0/s1. The molecule has 0 saturated heterocycles. The highest BCUT2D eigenvalue weighted by atomic mass is 16.6. The topological polar surface area (TPSA) is 131 Å². The molecule has 0 spiro atoms. The third-order valence-electron chi connectivity index (χ3n) is 5.27. The van der Waals surface area contributed by atoms with Crippen molar-refractivity contribution in [1.29, 1.82) is 0 Å². The number of carbonyl (C=O) groups is 4. The zero-order chi connectivity index (χ0) is 26.9. The van der Waals surface area contributed by atoms with Crippen LogP contribution < -0.4 is 15.2 Å². The predicted octanol–water partition coefficient (Wildman–Crippen LogP) is 4.41. The highest BCUT2D eigenvalue weighted by Crippen LogP contribution is 2.30. The lowest BCUT2D eigenvalue weighted by Crippen LogP contribution is -2.37. The maximum Gasteiger partial charge on any atom is 0.323 e. The minimum Gasteiger partial charge on any atom is -0.462 e. The molecule has 9 nitrogen and oxygen atoms in total. The molecule has 9 heteroatoms. The summed E-state index contributed by atoms with van der Waals surface area (Å²) < 4.78 is 21.2. The van der Waals surface area contributed by atoms with Crippen molar-refractivity contribution in [1.82, 2.24) is 0 Å². The maximum atomic E-state index is 12.4. The summed E-state index contributed by atoms with van der Waals surface area (Å²) in [4.78, 5) is 48.2. The van der Waals surface area contributed by atoms with E-state index in [1.54, 1.807) is 26.0 Å². The molecule has 0 radical (unpaired) electrons. The summed E-state index contributed by atoms with van der Waals surface area (Å²) in [5, 5.41) is 0. The fourth-order valence-corrected chi connectivity index (χ4v) is 3.20. The lowest BCUT2D eigenvalue weighted by atomic mass is 10.1. The molecule has 0 heterocycles. The first-order chi connectivity index (χ1) is 17.2. The highest BCUT2D eigenvalue weighted by Gasteiger charge is 2.21. The van der Waals surface area contributed by atoms with Gasteiger partial charge in [-0.05, 0) is 43.9 Å². The average molecular weight is 508 g/mol. The molecule has 2 N–H and O–H groups in total. The van der Waals surface area contributed by atoms with Crippen LogP contribution in [0.15, 0.2) is 18.2 Å². The van der Waals surface area contributed by atoms with Gasteiger partial charge in [0.25, 0.3) is 0 Å². The van der Waals surface area contributed by atoms with Crippen LogP contribution in [0, 0.1) is 0 Å². The lowest BCUT2D eigenvalue weighted by molar-refractivity contribution is -0.158. The third kappa shape index (κ3) is 12.7. The number of unbranched alkanes of at least 4 members (excludes halogenated alkanes) is 4. The number of ether oxygens (including phenoxy) is 4. The second-order valence-electron chi connectivity index (χ2n) is 8.74. The van der Waals surface area contributed by atoms with Crippen LogP contribution in [0.25, 0.3) is 0 Å². The monoisotopic (exact) mass is 507 g/mol. The van der Waals surface area contributed by atoms with Crippen LogP contribution in [-0.4, -0.2) is 42.6 Å². The van der Waals surface area contributed by atoms with Crippen LogP contribution >= 0.6 is 0 Å². The summed E-state index contributed by atoms with van der Waals surface area (Å²) in [7, 11) is 0. The highest BCUT2D eigenvalue weighted by molar-refractivity contribution is 5.77. The number of hydrogen-bond donors (Lipinski definition) is 1. The summed E-state index contributed by atoms with van der Waals surface area (Å²) in [6.07, 6.45) is 5.38. The first kappa shape index (κ1) is 31.1. The Balaban J connectivity index is 2.87. The van der Waals surface area contributed by atoms with Crippen LogP contribution in [0.4, 0.5) is 0 Å². The van der Waals surface area contributed by atoms with Gasteiger partial charge in [-0.2, -0.15) is 0 Å². The molecule has 1 rings (SSSR count). The van der Waals surface area contributed by atoms with Crippen molar-refractivity contribution in [3.05, 3.63) is 23.8 Å². The van der Waals surface area contributed by atoms with Crippen LogP contribution in [0.3, 0.4) is 0 Å². The predicted molar refractivity (Wildman–Crippen MR) is 134 cm³/mol. The SMILES string of the molecule is CCCCCC(=O)Oc1ccc(C[C@H](N)C(=O)O[C@@H](C)COC(=O)CC)cc1OC(=O)CCCCC. The first-order valence-corrected chi connectivity index (χ1v) is 12.9. The summed E-state index contributed by atoms with van der Waals surface area (Å²) in [6.45, 7) is 7.30. The van der Waals surface area contributed by atoms with E-state index in [1.165, 1.54) is 6.07 Å². The van der Waals surface area contributed by atoms with Crippen molar-refractivity contribution >= 4 is 23.9 Å². The van der Waals surface area contributed by atoms with Gasteiger partial charge in [-0.25, -0.2) is 0 Å². The molecule has 2 atom stereocenters. The molecule has 1 aromatic rings. The molecule has 0 saturated carbocycles. The van der Waals surface area contributed by atoms with Crippen LogP contribution in [0.5, 0.6) is 11.5 Å². The van der Waals surface area contributed by atoms with E-state index >= 15 is 0 Å². The Morgan fingerprint density at radius 1 is 0.833 bits per heavy atom. The molecule has 0 aliphatic rings. The Kier molecular flexibility index (Phi) is 15.1. The van der Waals surface area contributed by atoms with E-state index in [0.717, 1.165) is 25.7 Å². The molecule has 0 aliphatic heterocycles. The van der Waals surface area contributed by atoms with Gasteiger partial charge in [0.2, 0.25) is 0 Å². The van der Waals surface area contributed by atoms with Gasteiger partial charge < -0.3 is 24.7 Å². The van der Waals surface area contributed by atoms with E-state index in [0.29, 0.717) is 18.4 Å². The molecular formula is C27H41NO8. The summed E-state index contributed by atoms with van der Waals surface area (Å²) >= 11 is 0. The molecule has 0 aromatic heterocycles. The molecule has 0 unspecified atom stereocenters.